The summed E-state index contributed by atoms with van der Waals surface area (Å²) in [4.78, 5) is 14.2. The maximum absolute atomic E-state index is 12.4. The van der Waals surface area contributed by atoms with E-state index in [9.17, 15) is 4.79 Å². The Morgan fingerprint density at radius 1 is 1.47 bits per heavy atom. The van der Waals surface area contributed by atoms with Gasteiger partial charge in [0.25, 0.3) is 5.91 Å². The van der Waals surface area contributed by atoms with E-state index < -0.39 is 0 Å². The first-order valence-corrected chi connectivity index (χ1v) is 6.45. The Morgan fingerprint density at radius 2 is 2.21 bits per heavy atom. The van der Waals surface area contributed by atoms with Gasteiger partial charge >= 0.3 is 0 Å². The third-order valence-corrected chi connectivity index (χ3v) is 3.06. The second-order valence-electron chi connectivity index (χ2n) is 4.30. The summed E-state index contributed by atoms with van der Waals surface area (Å²) in [5.74, 6) is 0.532. The molecule has 6 nitrogen and oxygen atoms in total. The minimum atomic E-state index is -0.110. The number of nitrogens with one attached hydrogen (secondary N) is 1. The van der Waals surface area contributed by atoms with E-state index in [1.54, 1.807) is 31.2 Å². The van der Waals surface area contributed by atoms with E-state index in [1.807, 2.05) is 13.8 Å². The first-order valence-electron chi connectivity index (χ1n) is 6.45. The molecule has 0 aliphatic carbocycles. The van der Waals surface area contributed by atoms with Gasteiger partial charge in [0.1, 0.15) is 5.82 Å². The SMILES string of the molecule is CCC(C)N(CCOC)C(=O)c1ccc(NC)nn1. The molecule has 19 heavy (non-hydrogen) atoms. The van der Waals surface area contributed by atoms with Crippen LogP contribution in [0, 0.1) is 0 Å². The van der Waals surface area contributed by atoms with Crippen LogP contribution in [0.25, 0.3) is 0 Å². The minimum absolute atomic E-state index is 0.110. The quantitative estimate of drug-likeness (QED) is 0.808. The highest BCUT2D eigenvalue weighted by molar-refractivity contribution is 5.92. The van der Waals surface area contributed by atoms with Crippen LogP contribution in [-0.4, -0.2) is 54.4 Å². The molecule has 1 heterocycles. The zero-order valence-corrected chi connectivity index (χ0v) is 12.0. The lowest BCUT2D eigenvalue weighted by Crippen LogP contribution is -2.41. The van der Waals surface area contributed by atoms with E-state index in [4.69, 9.17) is 4.74 Å². The van der Waals surface area contributed by atoms with Gasteiger partial charge in [-0.25, -0.2) is 0 Å². The summed E-state index contributed by atoms with van der Waals surface area (Å²) < 4.78 is 5.05. The molecule has 0 saturated carbocycles. The van der Waals surface area contributed by atoms with Gasteiger partial charge in [0.15, 0.2) is 5.69 Å². The first-order chi connectivity index (χ1) is 9.13. The second-order valence-corrected chi connectivity index (χ2v) is 4.30. The Hall–Kier alpha value is -1.69. The summed E-state index contributed by atoms with van der Waals surface area (Å²) >= 11 is 0. The van der Waals surface area contributed by atoms with Crippen LogP contribution in [0.1, 0.15) is 30.8 Å². The highest BCUT2D eigenvalue weighted by Gasteiger charge is 2.21. The average molecular weight is 266 g/mol. The molecule has 1 amide bonds. The van der Waals surface area contributed by atoms with Gasteiger partial charge in [-0.05, 0) is 25.5 Å². The molecule has 6 heteroatoms. The van der Waals surface area contributed by atoms with Crippen LogP contribution in [0.4, 0.5) is 5.82 Å². The molecule has 0 bridgehead atoms. The minimum Gasteiger partial charge on any atom is -0.383 e. The number of nitrogens with zero attached hydrogens (tertiary/aromatic N) is 3. The molecule has 0 aliphatic heterocycles. The molecule has 0 spiro atoms. The predicted octanol–water partition coefficient (Wildman–Crippen LogP) is 1.41. The molecule has 1 aromatic heterocycles. The number of rotatable bonds is 7. The molecule has 0 fully saturated rings. The van der Waals surface area contributed by atoms with Crippen LogP contribution in [0.5, 0.6) is 0 Å². The summed E-state index contributed by atoms with van der Waals surface area (Å²) in [5.41, 5.74) is 0.357. The van der Waals surface area contributed by atoms with Crippen molar-refractivity contribution in [1.82, 2.24) is 15.1 Å². The summed E-state index contributed by atoms with van der Waals surface area (Å²) in [6, 6.07) is 3.57. The fourth-order valence-corrected chi connectivity index (χ4v) is 1.66. The standard InChI is InChI=1S/C13H22N4O2/c1-5-10(2)17(8-9-19-4)13(18)11-6-7-12(14-3)16-15-11/h6-7,10H,5,8-9H2,1-4H3,(H,14,16). The van der Waals surface area contributed by atoms with Crippen molar-refractivity contribution in [3.05, 3.63) is 17.8 Å². The number of hydrogen-bond donors (Lipinski definition) is 1. The van der Waals surface area contributed by atoms with Crippen molar-refractivity contribution in [2.75, 3.05) is 32.6 Å². The molecule has 106 valence electrons. The highest BCUT2D eigenvalue weighted by atomic mass is 16.5. The molecular formula is C13H22N4O2. The number of methoxy groups -OCH3 is 1. The van der Waals surface area contributed by atoms with Crippen LogP contribution in [0.3, 0.4) is 0 Å². The van der Waals surface area contributed by atoms with Crippen molar-refractivity contribution in [1.29, 1.82) is 0 Å². The van der Waals surface area contributed by atoms with Crippen molar-refractivity contribution in [2.24, 2.45) is 0 Å². The molecule has 1 N–H and O–H groups in total. The van der Waals surface area contributed by atoms with Gasteiger partial charge in [-0.2, -0.15) is 0 Å². The topological polar surface area (TPSA) is 67.3 Å². The van der Waals surface area contributed by atoms with Gasteiger partial charge in [0.2, 0.25) is 0 Å². The van der Waals surface area contributed by atoms with E-state index in [0.29, 0.717) is 24.7 Å². The van der Waals surface area contributed by atoms with Gasteiger partial charge in [-0.15, -0.1) is 10.2 Å². The fraction of sp³-hybridized carbons (Fsp3) is 0.615. The van der Waals surface area contributed by atoms with E-state index in [-0.39, 0.29) is 11.9 Å². The molecule has 0 aromatic carbocycles. The largest absolute Gasteiger partial charge is 0.383 e. The Kier molecular flexibility index (Phi) is 6.21. The van der Waals surface area contributed by atoms with Gasteiger partial charge in [-0.1, -0.05) is 6.92 Å². The van der Waals surface area contributed by atoms with Crippen LogP contribution in [0.15, 0.2) is 12.1 Å². The molecular weight excluding hydrogens is 244 g/mol. The average Bonchev–Trinajstić information content (AvgIpc) is 2.47. The zero-order chi connectivity index (χ0) is 14.3. The van der Waals surface area contributed by atoms with Crippen LogP contribution >= 0.6 is 0 Å². The lowest BCUT2D eigenvalue weighted by atomic mass is 10.2. The number of ether oxygens (including phenoxy) is 1. The molecule has 0 aliphatic rings. The van der Waals surface area contributed by atoms with Crippen molar-refractivity contribution in [3.63, 3.8) is 0 Å². The molecule has 0 saturated heterocycles. The van der Waals surface area contributed by atoms with E-state index in [0.717, 1.165) is 6.42 Å². The van der Waals surface area contributed by atoms with Crippen molar-refractivity contribution < 1.29 is 9.53 Å². The van der Waals surface area contributed by atoms with Crippen LogP contribution < -0.4 is 5.32 Å². The lowest BCUT2D eigenvalue weighted by molar-refractivity contribution is 0.0607. The number of aromatic nitrogens is 2. The fourth-order valence-electron chi connectivity index (χ4n) is 1.66. The maximum Gasteiger partial charge on any atom is 0.274 e. The lowest BCUT2D eigenvalue weighted by Gasteiger charge is -2.27. The van der Waals surface area contributed by atoms with Gasteiger partial charge < -0.3 is 15.0 Å². The van der Waals surface area contributed by atoms with Gasteiger partial charge in [-0.3, -0.25) is 4.79 Å². The Balaban J connectivity index is 2.84. The van der Waals surface area contributed by atoms with E-state index in [2.05, 4.69) is 15.5 Å². The van der Waals surface area contributed by atoms with E-state index in [1.165, 1.54) is 0 Å². The Labute approximate surface area is 114 Å². The molecule has 0 radical (unpaired) electrons. The number of carbonyl (C=O) groups excluding carboxylic acids is 1. The Bertz CT molecular complexity index is 394. The zero-order valence-electron chi connectivity index (χ0n) is 12.0. The molecule has 1 unspecified atom stereocenters. The van der Waals surface area contributed by atoms with Gasteiger partial charge in [0.05, 0.1) is 6.61 Å². The third kappa shape index (κ3) is 4.17. The number of amides is 1. The van der Waals surface area contributed by atoms with E-state index >= 15 is 0 Å². The molecule has 1 rings (SSSR count). The molecule has 1 aromatic rings. The number of hydrogen-bond acceptors (Lipinski definition) is 5. The van der Waals surface area contributed by atoms with Crippen LogP contribution in [0.2, 0.25) is 0 Å². The highest BCUT2D eigenvalue weighted by Crippen LogP contribution is 2.10. The number of carbonyl (C=O) groups is 1. The Morgan fingerprint density at radius 3 is 2.68 bits per heavy atom. The van der Waals surface area contributed by atoms with Gasteiger partial charge in [0, 0.05) is 26.7 Å². The summed E-state index contributed by atoms with van der Waals surface area (Å²) in [6.45, 7) is 5.13. The number of anilines is 1. The van der Waals surface area contributed by atoms with Crippen LogP contribution in [-0.2, 0) is 4.74 Å². The molecule has 1 atom stereocenters. The van der Waals surface area contributed by atoms with Crippen molar-refractivity contribution >= 4 is 11.7 Å². The summed E-state index contributed by atoms with van der Waals surface area (Å²) in [6.07, 6.45) is 0.886. The van der Waals surface area contributed by atoms with Crippen molar-refractivity contribution in [3.8, 4) is 0 Å². The van der Waals surface area contributed by atoms with Crippen molar-refractivity contribution in [2.45, 2.75) is 26.3 Å². The smallest absolute Gasteiger partial charge is 0.274 e. The monoisotopic (exact) mass is 266 g/mol. The normalized spacial score (nSPS) is 12.0. The first kappa shape index (κ1) is 15.4. The third-order valence-electron chi connectivity index (χ3n) is 3.06. The summed E-state index contributed by atoms with van der Waals surface area (Å²) in [7, 11) is 3.39. The summed E-state index contributed by atoms with van der Waals surface area (Å²) in [5, 5.41) is 10.7. The predicted molar refractivity (Wildman–Crippen MR) is 74.2 cm³/mol. The second kappa shape index (κ2) is 7.68. The maximum atomic E-state index is 12.4.